The van der Waals surface area contributed by atoms with Crippen LogP contribution < -0.4 is 0 Å². The van der Waals surface area contributed by atoms with Crippen molar-refractivity contribution in [2.45, 2.75) is 50.1 Å². The van der Waals surface area contributed by atoms with Gasteiger partial charge in [0.05, 0.1) is 6.04 Å². The van der Waals surface area contributed by atoms with E-state index >= 15 is 0 Å². The summed E-state index contributed by atoms with van der Waals surface area (Å²) in [4.78, 5) is 15.6. The van der Waals surface area contributed by atoms with Gasteiger partial charge in [-0.25, -0.2) is 0 Å². The van der Waals surface area contributed by atoms with Crippen LogP contribution in [0, 0.1) is 5.92 Å². The minimum Gasteiger partial charge on any atom is -0.332 e. The van der Waals surface area contributed by atoms with Crippen molar-refractivity contribution in [2.24, 2.45) is 5.92 Å². The lowest BCUT2D eigenvalue weighted by Crippen LogP contribution is -2.37. The molecule has 1 amide bonds. The average molecular weight is 352 g/mol. The molecule has 2 saturated carbocycles. The molecule has 2 aromatic carbocycles. The zero-order valence-corrected chi connectivity index (χ0v) is 15.0. The highest BCUT2D eigenvalue weighted by molar-refractivity contribution is 6.31. The van der Waals surface area contributed by atoms with Gasteiger partial charge in [0.15, 0.2) is 0 Å². The summed E-state index contributed by atoms with van der Waals surface area (Å²) in [6.45, 7) is 0. The summed E-state index contributed by atoms with van der Waals surface area (Å²) in [5.41, 5.74) is 3.94. The van der Waals surface area contributed by atoms with Crippen molar-refractivity contribution in [1.82, 2.24) is 4.90 Å². The van der Waals surface area contributed by atoms with Gasteiger partial charge in [-0.15, -0.1) is 0 Å². The Hall–Kier alpha value is -1.80. The molecule has 0 heterocycles. The quantitative estimate of drug-likeness (QED) is 0.748. The van der Waals surface area contributed by atoms with Crippen molar-refractivity contribution in [3.63, 3.8) is 0 Å². The van der Waals surface area contributed by atoms with Crippen molar-refractivity contribution in [3.8, 4) is 0 Å². The molecular formula is C22H22ClNO. The van der Waals surface area contributed by atoms with Gasteiger partial charge in [0.25, 0.3) is 0 Å². The molecule has 3 aliphatic carbocycles. The highest BCUT2D eigenvalue weighted by Crippen LogP contribution is 2.53. The molecule has 128 valence electrons. The van der Waals surface area contributed by atoms with Crippen LogP contribution in [-0.4, -0.2) is 16.8 Å². The summed E-state index contributed by atoms with van der Waals surface area (Å²) in [5, 5.41) is 0.798. The minimum absolute atomic E-state index is 0.119. The maximum absolute atomic E-state index is 13.4. The van der Waals surface area contributed by atoms with E-state index in [1.807, 2.05) is 18.2 Å². The van der Waals surface area contributed by atoms with E-state index in [4.69, 9.17) is 11.6 Å². The number of hydrogen-bond acceptors (Lipinski definition) is 1. The first-order chi connectivity index (χ1) is 12.2. The maximum atomic E-state index is 13.4. The topological polar surface area (TPSA) is 20.3 Å². The number of amides is 1. The number of nitrogens with zero attached hydrogens (tertiary/aromatic N) is 1. The van der Waals surface area contributed by atoms with E-state index in [1.165, 1.54) is 11.1 Å². The van der Waals surface area contributed by atoms with Crippen molar-refractivity contribution < 1.29 is 4.79 Å². The maximum Gasteiger partial charge on any atom is 0.227 e. The number of fused-ring (bicyclic) bond motifs is 1. The highest BCUT2D eigenvalue weighted by atomic mass is 35.5. The number of benzene rings is 2. The largest absolute Gasteiger partial charge is 0.332 e. The van der Waals surface area contributed by atoms with E-state index in [2.05, 4.69) is 35.2 Å². The molecule has 0 aromatic heterocycles. The summed E-state index contributed by atoms with van der Waals surface area (Å²) in [7, 11) is 0. The van der Waals surface area contributed by atoms with Crippen LogP contribution in [0.1, 0.15) is 54.3 Å². The van der Waals surface area contributed by atoms with Gasteiger partial charge in [0.1, 0.15) is 0 Å². The Balaban J connectivity index is 1.40. The molecule has 3 atom stereocenters. The highest BCUT2D eigenvalue weighted by Gasteiger charge is 2.51. The first kappa shape index (κ1) is 15.5. The second-order valence-electron chi connectivity index (χ2n) is 7.70. The Morgan fingerprint density at radius 3 is 2.44 bits per heavy atom. The number of rotatable bonds is 4. The molecule has 0 aliphatic heterocycles. The fourth-order valence-electron chi connectivity index (χ4n) is 4.54. The van der Waals surface area contributed by atoms with E-state index in [0.717, 1.165) is 42.7 Å². The standard InChI is InChI=1S/C22H22ClNO/c23-20-8-4-3-7-17(20)18-13-19(18)22(25)24(15-10-11-15)21-12-9-14-5-1-2-6-16(14)21/h1-8,15,18-19,21H,9-13H2. The molecular weight excluding hydrogens is 330 g/mol. The Morgan fingerprint density at radius 2 is 1.68 bits per heavy atom. The molecule has 3 heteroatoms. The van der Waals surface area contributed by atoms with E-state index in [0.29, 0.717) is 17.9 Å². The molecule has 0 bridgehead atoms. The Kier molecular flexibility index (Phi) is 3.63. The zero-order chi connectivity index (χ0) is 17.0. The third-order valence-corrected chi connectivity index (χ3v) is 6.39. The molecule has 0 saturated heterocycles. The first-order valence-electron chi connectivity index (χ1n) is 9.38. The predicted molar refractivity (Wildman–Crippen MR) is 99.7 cm³/mol. The van der Waals surface area contributed by atoms with Crippen LogP contribution in [0.4, 0.5) is 0 Å². The van der Waals surface area contributed by atoms with Crippen LogP contribution in [0.3, 0.4) is 0 Å². The summed E-state index contributed by atoms with van der Waals surface area (Å²) in [5.74, 6) is 0.779. The zero-order valence-electron chi connectivity index (χ0n) is 14.2. The normalized spacial score (nSPS) is 27.0. The Bertz CT molecular complexity index is 828. The first-order valence-corrected chi connectivity index (χ1v) is 9.76. The second-order valence-corrected chi connectivity index (χ2v) is 8.11. The van der Waals surface area contributed by atoms with Gasteiger partial charge in [-0.3, -0.25) is 4.79 Å². The molecule has 0 spiro atoms. The van der Waals surface area contributed by atoms with Crippen LogP contribution in [0.15, 0.2) is 48.5 Å². The monoisotopic (exact) mass is 351 g/mol. The van der Waals surface area contributed by atoms with Crippen molar-refractivity contribution in [1.29, 1.82) is 0 Å². The molecule has 5 rings (SSSR count). The Labute approximate surface area is 153 Å². The molecule has 25 heavy (non-hydrogen) atoms. The molecule has 3 unspecified atom stereocenters. The number of carbonyl (C=O) groups excluding carboxylic acids is 1. The average Bonchev–Trinajstić information content (AvgIpc) is 3.54. The number of aryl methyl sites for hydroxylation is 1. The predicted octanol–water partition coefficient (Wildman–Crippen LogP) is 5.12. The van der Waals surface area contributed by atoms with E-state index < -0.39 is 0 Å². The smallest absolute Gasteiger partial charge is 0.227 e. The number of hydrogen-bond donors (Lipinski definition) is 0. The summed E-state index contributed by atoms with van der Waals surface area (Å²) in [6.07, 6.45) is 5.43. The second kappa shape index (κ2) is 5.88. The Morgan fingerprint density at radius 1 is 0.960 bits per heavy atom. The minimum atomic E-state index is 0.119. The molecule has 2 nitrogen and oxygen atoms in total. The van der Waals surface area contributed by atoms with Gasteiger partial charge >= 0.3 is 0 Å². The molecule has 0 radical (unpaired) electrons. The third kappa shape index (κ3) is 2.67. The van der Waals surface area contributed by atoms with Gasteiger partial charge in [0.2, 0.25) is 5.91 Å². The number of halogens is 1. The summed E-state index contributed by atoms with van der Waals surface area (Å²) < 4.78 is 0. The molecule has 0 N–H and O–H groups in total. The lowest BCUT2D eigenvalue weighted by molar-refractivity contribution is -0.135. The third-order valence-electron chi connectivity index (χ3n) is 6.04. The van der Waals surface area contributed by atoms with Gasteiger partial charge < -0.3 is 4.90 Å². The fourth-order valence-corrected chi connectivity index (χ4v) is 4.82. The van der Waals surface area contributed by atoms with Gasteiger partial charge in [-0.05, 0) is 60.8 Å². The van der Waals surface area contributed by atoms with Crippen LogP contribution in [0.2, 0.25) is 5.02 Å². The van der Waals surface area contributed by atoms with Gasteiger partial charge in [-0.2, -0.15) is 0 Å². The van der Waals surface area contributed by atoms with Crippen molar-refractivity contribution >= 4 is 17.5 Å². The van der Waals surface area contributed by atoms with Gasteiger partial charge in [0, 0.05) is 17.0 Å². The van der Waals surface area contributed by atoms with E-state index in [1.54, 1.807) is 0 Å². The van der Waals surface area contributed by atoms with Crippen molar-refractivity contribution in [3.05, 3.63) is 70.2 Å². The molecule has 2 aromatic rings. The lowest BCUT2D eigenvalue weighted by Gasteiger charge is -2.30. The SMILES string of the molecule is O=C(C1CC1c1ccccc1Cl)N(C1CC1)C1CCc2ccccc21. The van der Waals surface area contributed by atoms with Crippen LogP contribution >= 0.6 is 11.6 Å². The molecule has 2 fully saturated rings. The van der Waals surface area contributed by atoms with E-state index in [-0.39, 0.29) is 12.0 Å². The van der Waals surface area contributed by atoms with E-state index in [9.17, 15) is 4.79 Å². The lowest BCUT2D eigenvalue weighted by atomic mass is 10.0. The van der Waals surface area contributed by atoms with Crippen LogP contribution in [0.5, 0.6) is 0 Å². The van der Waals surface area contributed by atoms with Crippen LogP contribution in [0.25, 0.3) is 0 Å². The van der Waals surface area contributed by atoms with Gasteiger partial charge in [-0.1, -0.05) is 54.1 Å². The van der Waals surface area contributed by atoms with Crippen molar-refractivity contribution in [2.75, 3.05) is 0 Å². The summed E-state index contributed by atoms with van der Waals surface area (Å²) in [6, 6.07) is 17.4. The fraction of sp³-hybridized carbons (Fsp3) is 0.409. The number of carbonyl (C=O) groups is 1. The molecule has 3 aliphatic rings. The van der Waals surface area contributed by atoms with Crippen LogP contribution in [-0.2, 0) is 11.2 Å². The summed E-state index contributed by atoms with van der Waals surface area (Å²) >= 11 is 6.35.